The van der Waals surface area contributed by atoms with Crippen LogP contribution in [0.4, 0.5) is 0 Å². The maximum atomic E-state index is 5.68. The number of nitrogens with one attached hydrogen (secondary N) is 1. The quantitative estimate of drug-likeness (QED) is 0.555. The lowest BCUT2D eigenvalue weighted by molar-refractivity contribution is 0.549. The number of hydrazine groups is 1. The van der Waals surface area contributed by atoms with Gasteiger partial charge in [-0.05, 0) is 24.1 Å². The number of hydrogen-bond acceptors (Lipinski definition) is 5. The number of nitrogens with zero attached hydrogens (tertiary/aromatic N) is 3. The Morgan fingerprint density at radius 3 is 2.70 bits per heavy atom. The van der Waals surface area contributed by atoms with Crippen molar-refractivity contribution >= 4 is 10.9 Å². The Bertz CT molecular complexity index is 693. The molecule has 0 fully saturated rings. The first-order valence-corrected chi connectivity index (χ1v) is 6.42. The zero-order valence-corrected chi connectivity index (χ0v) is 10.9. The van der Waals surface area contributed by atoms with E-state index in [0.29, 0.717) is 0 Å². The third-order valence-corrected chi connectivity index (χ3v) is 3.35. The fraction of sp³-hybridized carbons (Fsp3) is 0.133. The molecule has 2 heterocycles. The number of hydrogen-bond donors (Lipinski definition) is 2. The second-order valence-electron chi connectivity index (χ2n) is 4.58. The molecule has 0 saturated carbocycles. The highest BCUT2D eigenvalue weighted by molar-refractivity contribution is 5.81. The smallest absolute Gasteiger partial charge is 0.115 e. The van der Waals surface area contributed by atoms with Crippen LogP contribution in [0.3, 0.4) is 0 Å². The van der Waals surface area contributed by atoms with Crippen LogP contribution >= 0.6 is 0 Å². The van der Waals surface area contributed by atoms with E-state index < -0.39 is 0 Å². The van der Waals surface area contributed by atoms with E-state index in [0.717, 1.165) is 22.9 Å². The van der Waals surface area contributed by atoms with Crippen molar-refractivity contribution in [3.05, 3.63) is 66.4 Å². The number of benzene rings is 1. The Morgan fingerprint density at radius 2 is 1.90 bits per heavy atom. The van der Waals surface area contributed by atoms with Crippen LogP contribution in [0.2, 0.25) is 0 Å². The molecule has 0 spiro atoms. The van der Waals surface area contributed by atoms with Crippen molar-refractivity contribution in [2.45, 2.75) is 12.5 Å². The van der Waals surface area contributed by atoms with Gasteiger partial charge in [0.2, 0.25) is 0 Å². The summed E-state index contributed by atoms with van der Waals surface area (Å²) in [6.07, 6.45) is 7.65. The summed E-state index contributed by atoms with van der Waals surface area (Å²) in [5.41, 5.74) is 5.99. The highest BCUT2D eigenvalue weighted by Crippen LogP contribution is 2.22. The minimum Gasteiger partial charge on any atom is -0.271 e. The van der Waals surface area contributed by atoms with Crippen LogP contribution in [0.1, 0.15) is 17.2 Å². The summed E-state index contributed by atoms with van der Waals surface area (Å²) in [5.74, 6) is 5.68. The molecular formula is C15H15N5. The van der Waals surface area contributed by atoms with Crippen molar-refractivity contribution in [2.24, 2.45) is 5.84 Å². The summed E-state index contributed by atoms with van der Waals surface area (Å²) < 4.78 is 0. The Balaban J connectivity index is 1.96. The molecule has 1 atom stereocenters. The number of rotatable bonds is 4. The second kappa shape index (κ2) is 5.73. The number of para-hydroxylation sites is 1. The summed E-state index contributed by atoms with van der Waals surface area (Å²) in [7, 11) is 0. The third kappa shape index (κ3) is 2.49. The van der Waals surface area contributed by atoms with Crippen molar-refractivity contribution < 1.29 is 0 Å². The molecule has 3 N–H and O–H groups in total. The summed E-state index contributed by atoms with van der Waals surface area (Å²) >= 11 is 0. The van der Waals surface area contributed by atoms with Crippen LogP contribution in [0.25, 0.3) is 10.9 Å². The summed E-state index contributed by atoms with van der Waals surface area (Å²) in [6.45, 7) is 0. The van der Waals surface area contributed by atoms with E-state index in [-0.39, 0.29) is 6.04 Å². The topological polar surface area (TPSA) is 76.7 Å². The van der Waals surface area contributed by atoms with Gasteiger partial charge in [-0.25, -0.2) is 9.97 Å². The summed E-state index contributed by atoms with van der Waals surface area (Å²) in [4.78, 5) is 12.4. The van der Waals surface area contributed by atoms with Gasteiger partial charge in [0.1, 0.15) is 6.33 Å². The van der Waals surface area contributed by atoms with Crippen LogP contribution in [0.5, 0.6) is 0 Å². The van der Waals surface area contributed by atoms with Gasteiger partial charge in [0.25, 0.3) is 0 Å². The van der Waals surface area contributed by atoms with Gasteiger partial charge in [-0.1, -0.05) is 18.2 Å². The fourth-order valence-corrected chi connectivity index (χ4v) is 2.32. The van der Waals surface area contributed by atoms with E-state index in [1.165, 1.54) is 11.9 Å². The first-order chi connectivity index (χ1) is 9.88. The predicted molar refractivity (Wildman–Crippen MR) is 77.5 cm³/mol. The molecule has 20 heavy (non-hydrogen) atoms. The average Bonchev–Trinajstić information content (AvgIpc) is 2.53. The number of aromatic nitrogens is 3. The fourth-order valence-electron chi connectivity index (χ4n) is 2.32. The lowest BCUT2D eigenvalue weighted by atomic mass is 9.99. The molecule has 100 valence electrons. The van der Waals surface area contributed by atoms with Gasteiger partial charge in [0.15, 0.2) is 0 Å². The van der Waals surface area contributed by atoms with Crippen LogP contribution in [-0.4, -0.2) is 15.0 Å². The normalized spacial score (nSPS) is 12.4. The van der Waals surface area contributed by atoms with E-state index in [2.05, 4.69) is 26.4 Å². The Morgan fingerprint density at radius 1 is 1.10 bits per heavy atom. The molecule has 3 aromatic rings. The first kappa shape index (κ1) is 12.7. The van der Waals surface area contributed by atoms with Gasteiger partial charge >= 0.3 is 0 Å². The maximum absolute atomic E-state index is 5.68. The predicted octanol–water partition coefficient (Wildman–Crippen LogP) is 1.77. The number of pyridine rings is 1. The zero-order valence-electron chi connectivity index (χ0n) is 10.9. The summed E-state index contributed by atoms with van der Waals surface area (Å²) in [6, 6.07) is 10.1. The molecule has 5 nitrogen and oxygen atoms in total. The standard InChI is InChI=1S/C15H15N5/c16-20-15(12-8-17-10-18-9-12)7-11-5-6-19-14-4-2-1-3-13(11)14/h1-6,8-10,15,20H,7,16H2. The van der Waals surface area contributed by atoms with E-state index >= 15 is 0 Å². The SMILES string of the molecule is NNC(Cc1ccnc2ccccc12)c1cncnc1. The molecule has 0 saturated heterocycles. The molecule has 3 rings (SSSR count). The molecule has 0 aliphatic heterocycles. The monoisotopic (exact) mass is 265 g/mol. The average molecular weight is 265 g/mol. The van der Waals surface area contributed by atoms with Gasteiger partial charge in [0.05, 0.1) is 11.6 Å². The van der Waals surface area contributed by atoms with Crippen molar-refractivity contribution in [2.75, 3.05) is 0 Å². The maximum Gasteiger partial charge on any atom is 0.115 e. The molecular weight excluding hydrogens is 250 g/mol. The van der Waals surface area contributed by atoms with Crippen molar-refractivity contribution in [3.8, 4) is 0 Å². The Labute approximate surface area is 116 Å². The largest absolute Gasteiger partial charge is 0.271 e. The second-order valence-corrected chi connectivity index (χ2v) is 4.58. The molecule has 2 aromatic heterocycles. The first-order valence-electron chi connectivity index (χ1n) is 6.42. The molecule has 0 bridgehead atoms. The van der Waals surface area contributed by atoms with Crippen LogP contribution < -0.4 is 11.3 Å². The Kier molecular flexibility index (Phi) is 3.62. The van der Waals surface area contributed by atoms with Gasteiger partial charge in [0, 0.05) is 29.5 Å². The van der Waals surface area contributed by atoms with Gasteiger partial charge < -0.3 is 0 Å². The number of fused-ring (bicyclic) bond motifs is 1. The molecule has 0 aliphatic rings. The molecule has 1 aromatic carbocycles. The van der Waals surface area contributed by atoms with Crippen LogP contribution in [0, 0.1) is 0 Å². The minimum atomic E-state index is -0.0259. The van der Waals surface area contributed by atoms with Crippen molar-refractivity contribution in [3.63, 3.8) is 0 Å². The lowest BCUT2D eigenvalue weighted by Crippen LogP contribution is -2.29. The van der Waals surface area contributed by atoms with Gasteiger partial charge in [-0.3, -0.25) is 16.3 Å². The van der Waals surface area contributed by atoms with Gasteiger partial charge in [-0.2, -0.15) is 0 Å². The van der Waals surface area contributed by atoms with Crippen molar-refractivity contribution in [1.82, 2.24) is 20.4 Å². The Hall–Kier alpha value is -2.37. The summed E-state index contributed by atoms with van der Waals surface area (Å²) in [5, 5.41) is 1.15. The highest BCUT2D eigenvalue weighted by Gasteiger charge is 2.13. The highest BCUT2D eigenvalue weighted by atomic mass is 15.2. The lowest BCUT2D eigenvalue weighted by Gasteiger charge is -2.16. The number of nitrogens with two attached hydrogens (primary N) is 1. The van der Waals surface area contributed by atoms with E-state index in [9.17, 15) is 0 Å². The minimum absolute atomic E-state index is 0.0259. The molecule has 5 heteroatoms. The van der Waals surface area contributed by atoms with E-state index in [1.54, 1.807) is 12.4 Å². The van der Waals surface area contributed by atoms with Crippen LogP contribution in [-0.2, 0) is 6.42 Å². The molecule has 0 aliphatic carbocycles. The van der Waals surface area contributed by atoms with E-state index in [4.69, 9.17) is 5.84 Å². The third-order valence-electron chi connectivity index (χ3n) is 3.35. The van der Waals surface area contributed by atoms with E-state index in [1.807, 2.05) is 30.5 Å². The molecule has 0 radical (unpaired) electrons. The zero-order chi connectivity index (χ0) is 13.8. The molecule has 1 unspecified atom stereocenters. The molecule has 0 amide bonds. The van der Waals surface area contributed by atoms with Gasteiger partial charge in [-0.15, -0.1) is 0 Å². The van der Waals surface area contributed by atoms with Crippen molar-refractivity contribution in [1.29, 1.82) is 0 Å². The van der Waals surface area contributed by atoms with Crippen LogP contribution in [0.15, 0.2) is 55.2 Å².